The predicted molar refractivity (Wildman–Crippen MR) is 82.7 cm³/mol. The quantitative estimate of drug-likeness (QED) is 0.869. The Bertz CT molecular complexity index is 425. The molecule has 0 bridgehead atoms. The Hall–Kier alpha value is -1.33. The summed E-state index contributed by atoms with van der Waals surface area (Å²) in [5.41, 5.74) is 5.96. The second-order valence-electron chi connectivity index (χ2n) is 5.96. The lowest BCUT2D eigenvalue weighted by Gasteiger charge is -2.35. The number of nitrogens with two attached hydrogens (primary N) is 1. The summed E-state index contributed by atoms with van der Waals surface area (Å²) in [6.45, 7) is 4.03. The van der Waals surface area contributed by atoms with Crippen LogP contribution in [0.3, 0.4) is 0 Å². The van der Waals surface area contributed by atoms with E-state index in [2.05, 4.69) is 11.8 Å². The van der Waals surface area contributed by atoms with Gasteiger partial charge in [-0.25, -0.2) is 0 Å². The zero-order valence-electron chi connectivity index (χ0n) is 13.1. The van der Waals surface area contributed by atoms with E-state index in [1.807, 2.05) is 19.2 Å². The summed E-state index contributed by atoms with van der Waals surface area (Å²) in [5.74, 6) is 0.959. The highest BCUT2D eigenvalue weighted by molar-refractivity contribution is 5.78. The average Bonchev–Trinajstić information content (AvgIpc) is 2.98. The minimum absolute atomic E-state index is 0.142. The van der Waals surface area contributed by atoms with E-state index in [1.165, 1.54) is 0 Å². The van der Waals surface area contributed by atoms with E-state index in [0.717, 1.165) is 38.0 Å². The SMILES string of the molecule is CCN(CC(=O)N(C)Cc1ccco1)C1CCC(N)CC1. The third-order valence-corrected chi connectivity index (χ3v) is 4.40. The summed E-state index contributed by atoms with van der Waals surface area (Å²) < 4.78 is 5.29. The van der Waals surface area contributed by atoms with E-state index >= 15 is 0 Å². The largest absolute Gasteiger partial charge is 0.467 e. The Morgan fingerprint density at radius 3 is 2.67 bits per heavy atom. The molecule has 2 N–H and O–H groups in total. The Kier molecular flexibility index (Phi) is 5.82. The van der Waals surface area contributed by atoms with Crippen molar-refractivity contribution in [3.63, 3.8) is 0 Å². The van der Waals surface area contributed by atoms with Crippen molar-refractivity contribution < 1.29 is 9.21 Å². The maximum atomic E-state index is 12.4. The van der Waals surface area contributed by atoms with Crippen LogP contribution in [0.4, 0.5) is 0 Å². The standard InChI is InChI=1S/C16H27N3O2/c1-3-19(14-8-6-13(17)7-9-14)12-16(20)18(2)11-15-5-4-10-21-15/h4-5,10,13-14H,3,6-9,11-12,17H2,1-2H3. The van der Waals surface area contributed by atoms with E-state index in [0.29, 0.717) is 25.2 Å². The maximum absolute atomic E-state index is 12.4. The molecule has 5 heteroatoms. The Balaban J connectivity index is 1.84. The molecule has 0 saturated heterocycles. The highest BCUT2D eigenvalue weighted by atomic mass is 16.3. The molecule has 1 aliphatic rings. The monoisotopic (exact) mass is 293 g/mol. The van der Waals surface area contributed by atoms with Crippen molar-refractivity contribution in [2.45, 2.75) is 51.2 Å². The van der Waals surface area contributed by atoms with Crippen molar-refractivity contribution >= 4 is 5.91 Å². The highest BCUT2D eigenvalue weighted by Crippen LogP contribution is 2.22. The Morgan fingerprint density at radius 1 is 1.38 bits per heavy atom. The first-order valence-corrected chi connectivity index (χ1v) is 7.86. The third-order valence-electron chi connectivity index (χ3n) is 4.40. The van der Waals surface area contributed by atoms with Crippen LogP contribution in [0.5, 0.6) is 0 Å². The minimum Gasteiger partial charge on any atom is -0.467 e. The zero-order chi connectivity index (χ0) is 15.2. The van der Waals surface area contributed by atoms with Crippen LogP contribution in [-0.2, 0) is 11.3 Å². The molecule has 0 aromatic carbocycles. The van der Waals surface area contributed by atoms with Crippen molar-refractivity contribution in [2.24, 2.45) is 5.73 Å². The van der Waals surface area contributed by atoms with Crippen molar-refractivity contribution in [3.8, 4) is 0 Å². The molecule has 1 heterocycles. The summed E-state index contributed by atoms with van der Waals surface area (Å²) in [4.78, 5) is 16.4. The van der Waals surface area contributed by atoms with Crippen LogP contribution in [0.1, 0.15) is 38.4 Å². The summed E-state index contributed by atoms with van der Waals surface area (Å²) in [7, 11) is 1.83. The fourth-order valence-electron chi connectivity index (χ4n) is 2.98. The van der Waals surface area contributed by atoms with Crippen molar-refractivity contribution in [1.29, 1.82) is 0 Å². The summed E-state index contributed by atoms with van der Waals surface area (Å²) in [6.07, 6.45) is 5.97. The Morgan fingerprint density at radius 2 is 2.10 bits per heavy atom. The first kappa shape index (κ1) is 16.0. The molecular weight excluding hydrogens is 266 g/mol. The maximum Gasteiger partial charge on any atom is 0.236 e. The topological polar surface area (TPSA) is 62.7 Å². The second kappa shape index (κ2) is 7.61. The van der Waals surface area contributed by atoms with Crippen molar-refractivity contribution in [1.82, 2.24) is 9.80 Å². The van der Waals surface area contributed by atoms with Gasteiger partial charge in [-0.2, -0.15) is 0 Å². The number of nitrogens with zero attached hydrogens (tertiary/aromatic N) is 2. The molecule has 1 amide bonds. The predicted octanol–water partition coefficient (Wildman–Crippen LogP) is 1.83. The molecule has 1 aromatic heterocycles. The lowest BCUT2D eigenvalue weighted by Crippen LogP contribution is -2.45. The van der Waals surface area contributed by atoms with E-state index in [9.17, 15) is 4.79 Å². The molecule has 0 aliphatic heterocycles. The first-order chi connectivity index (χ1) is 10.1. The third kappa shape index (κ3) is 4.58. The summed E-state index contributed by atoms with van der Waals surface area (Å²) in [6, 6.07) is 4.58. The first-order valence-electron chi connectivity index (χ1n) is 7.86. The van der Waals surface area contributed by atoms with Gasteiger partial charge in [0.2, 0.25) is 5.91 Å². The number of rotatable bonds is 6. The van der Waals surface area contributed by atoms with Crippen LogP contribution >= 0.6 is 0 Å². The molecule has 0 atom stereocenters. The molecule has 1 aliphatic carbocycles. The van der Waals surface area contributed by atoms with Gasteiger partial charge >= 0.3 is 0 Å². The number of carbonyl (C=O) groups is 1. The summed E-state index contributed by atoms with van der Waals surface area (Å²) in [5, 5.41) is 0. The van der Waals surface area contributed by atoms with Gasteiger partial charge in [0.25, 0.3) is 0 Å². The van der Waals surface area contributed by atoms with Gasteiger partial charge in [-0.05, 0) is 44.4 Å². The number of likely N-dealkylation sites (N-methyl/N-ethyl adjacent to an activating group) is 2. The van der Waals surface area contributed by atoms with Crippen LogP contribution in [0.2, 0.25) is 0 Å². The number of hydrogen-bond acceptors (Lipinski definition) is 4. The molecule has 5 nitrogen and oxygen atoms in total. The number of amides is 1. The van der Waals surface area contributed by atoms with Crippen LogP contribution in [0.15, 0.2) is 22.8 Å². The second-order valence-corrected chi connectivity index (χ2v) is 5.96. The van der Waals surface area contributed by atoms with E-state index in [-0.39, 0.29) is 5.91 Å². The van der Waals surface area contributed by atoms with Crippen LogP contribution in [0.25, 0.3) is 0 Å². The fraction of sp³-hybridized carbons (Fsp3) is 0.688. The van der Waals surface area contributed by atoms with Crippen LogP contribution in [-0.4, -0.2) is 47.9 Å². The molecule has 0 spiro atoms. The number of carbonyl (C=O) groups excluding carboxylic acids is 1. The van der Waals surface area contributed by atoms with Gasteiger partial charge in [-0.15, -0.1) is 0 Å². The molecule has 1 aromatic rings. The van der Waals surface area contributed by atoms with E-state index in [1.54, 1.807) is 11.2 Å². The van der Waals surface area contributed by atoms with Crippen molar-refractivity contribution in [3.05, 3.63) is 24.2 Å². The molecule has 0 radical (unpaired) electrons. The Labute approximate surface area is 127 Å². The fourth-order valence-corrected chi connectivity index (χ4v) is 2.98. The molecule has 118 valence electrons. The van der Waals surface area contributed by atoms with E-state index < -0.39 is 0 Å². The number of hydrogen-bond donors (Lipinski definition) is 1. The van der Waals surface area contributed by atoms with Gasteiger partial charge in [0, 0.05) is 19.1 Å². The van der Waals surface area contributed by atoms with Gasteiger partial charge in [0.1, 0.15) is 5.76 Å². The molecule has 1 fully saturated rings. The normalized spacial score (nSPS) is 22.5. The lowest BCUT2D eigenvalue weighted by molar-refractivity contribution is -0.132. The molecule has 1 saturated carbocycles. The van der Waals surface area contributed by atoms with Crippen LogP contribution < -0.4 is 5.73 Å². The highest BCUT2D eigenvalue weighted by Gasteiger charge is 2.25. The average molecular weight is 293 g/mol. The molecule has 0 unspecified atom stereocenters. The molecule has 2 rings (SSSR count). The molecule has 21 heavy (non-hydrogen) atoms. The van der Waals surface area contributed by atoms with E-state index in [4.69, 9.17) is 10.2 Å². The minimum atomic E-state index is 0.142. The molecular formula is C16H27N3O2. The van der Waals surface area contributed by atoms with Gasteiger partial charge < -0.3 is 15.1 Å². The van der Waals surface area contributed by atoms with Gasteiger partial charge in [-0.1, -0.05) is 6.92 Å². The number of furan rings is 1. The van der Waals surface area contributed by atoms with Gasteiger partial charge in [-0.3, -0.25) is 9.69 Å². The lowest BCUT2D eigenvalue weighted by atomic mass is 9.90. The van der Waals surface area contributed by atoms with Crippen molar-refractivity contribution in [2.75, 3.05) is 20.1 Å². The van der Waals surface area contributed by atoms with Gasteiger partial charge in [0.15, 0.2) is 0 Å². The zero-order valence-corrected chi connectivity index (χ0v) is 13.1. The van der Waals surface area contributed by atoms with Crippen LogP contribution in [0, 0.1) is 0 Å². The van der Waals surface area contributed by atoms with Gasteiger partial charge in [0.05, 0.1) is 19.4 Å². The smallest absolute Gasteiger partial charge is 0.236 e. The summed E-state index contributed by atoms with van der Waals surface area (Å²) >= 11 is 0.